The van der Waals surface area contributed by atoms with Crippen LogP contribution in [0.5, 0.6) is 0 Å². The van der Waals surface area contributed by atoms with Crippen molar-refractivity contribution in [3.05, 3.63) is 59.8 Å². The Morgan fingerprint density at radius 1 is 0.781 bits per heavy atom. The van der Waals surface area contributed by atoms with Crippen molar-refractivity contribution in [2.45, 2.75) is 45.4 Å². The number of aryl methyl sites for hydroxylation is 1. The Morgan fingerprint density at radius 3 is 2.12 bits per heavy atom. The number of hydrogen-bond donors (Lipinski definition) is 0. The third-order valence-corrected chi connectivity index (χ3v) is 6.70. The van der Waals surface area contributed by atoms with E-state index in [1.54, 1.807) is 35.4 Å². The van der Waals surface area contributed by atoms with Crippen LogP contribution in [0.3, 0.4) is 0 Å². The van der Waals surface area contributed by atoms with Gasteiger partial charge in [-0.3, -0.25) is 19.4 Å². The van der Waals surface area contributed by atoms with Gasteiger partial charge in [-0.1, -0.05) is 12.1 Å². The van der Waals surface area contributed by atoms with Gasteiger partial charge in [-0.25, -0.2) is 15.0 Å². The van der Waals surface area contributed by atoms with E-state index in [0.717, 1.165) is 27.9 Å². The lowest BCUT2D eigenvalue weighted by molar-refractivity contribution is -0.122. The standard InChI is InChI=1S/C25H25N5O2/c1-14-26-11-16(12-27-14)15-7-8-18-20(9-15)30(23(32)24(18,2)3)17-10-19-21(28-13-17)29(6)22(31)25(19,4)5/h7-13H,1-6H3. The summed E-state index contributed by atoms with van der Waals surface area (Å²) in [4.78, 5) is 42.7. The molecule has 4 heterocycles. The highest BCUT2D eigenvalue weighted by Gasteiger charge is 2.47. The SMILES string of the molecule is Cc1ncc(-c2ccc3c(c2)N(c2cnc4c(c2)C(C)(C)C(=O)N4C)C(=O)C3(C)C)cn1. The Bertz CT molecular complexity index is 1290. The molecule has 162 valence electrons. The number of carbonyl (C=O) groups excluding carboxylic acids is 2. The Balaban J connectivity index is 1.67. The Morgan fingerprint density at radius 2 is 1.44 bits per heavy atom. The number of benzene rings is 1. The predicted molar refractivity (Wildman–Crippen MR) is 123 cm³/mol. The van der Waals surface area contributed by atoms with E-state index in [2.05, 4.69) is 15.0 Å². The molecule has 0 fully saturated rings. The Kier molecular flexibility index (Phi) is 4.09. The summed E-state index contributed by atoms with van der Waals surface area (Å²) in [5, 5.41) is 0. The van der Waals surface area contributed by atoms with Crippen molar-refractivity contribution in [3.63, 3.8) is 0 Å². The molecule has 0 bridgehead atoms. The molecule has 0 aliphatic carbocycles. The first-order chi connectivity index (χ1) is 15.0. The number of hydrogen-bond acceptors (Lipinski definition) is 5. The maximum Gasteiger partial charge on any atom is 0.241 e. The summed E-state index contributed by atoms with van der Waals surface area (Å²) >= 11 is 0. The van der Waals surface area contributed by atoms with Crippen LogP contribution < -0.4 is 9.80 Å². The van der Waals surface area contributed by atoms with Crippen LogP contribution in [0, 0.1) is 6.92 Å². The van der Waals surface area contributed by atoms with Crippen LogP contribution in [0.4, 0.5) is 17.2 Å². The van der Waals surface area contributed by atoms with Crippen molar-refractivity contribution in [3.8, 4) is 11.1 Å². The number of likely N-dealkylation sites (N-methyl/N-ethyl adjacent to an activating group) is 1. The van der Waals surface area contributed by atoms with Gasteiger partial charge in [0.15, 0.2) is 0 Å². The topological polar surface area (TPSA) is 79.3 Å². The number of fused-ring (bicyclic) bond motifs is 2. The van der Waals surface area contributed by atoms with Gasteiger partial charge in [0, 0.05) is 30.6 Å². The molecule has 2 aliphatic rings. The van der Waals surface area contributed by atoms with Crippen LogP contribution in [0.25, 0.3) is 11.1 Å². The first-order valence-corrected chi connectivity index (χ1v) is 10.6. The normalized spacial score (nSPS) is 18.2. The van der Waals surface area contributed by atoms with Gasteiger partial charge in [0.2, 0.25) is 11.8 Å². The summed E-state index contributed by atoms with van der Waals surface area (Å²) in [6.07, 6.45) is 5.25. The van der Waals surface area contributed by atoms with E-state index in [4.69, 9.17) is 0 Å². The molecule has 0 saturated carbocycles. The first-order valence-electron chi connectivity index (χ1n) is 10.6. The van der Waals surface area contributed by atoms with E-state index < -0.39 is 10.8 Å². The zero-order valence-electron chi connectivity index (χ0n) is 19.1. The molecule has 0 spiro atoms. The highest BCUT2D eigenvalue weighted by Crippen LogP contribution is 2.48. The van der Waals surface area contributed by atoms with Crippen molar-refractivity contribution in [2.24, 2.45) is 0 Å². The second kappa shape index (κ2) is 6.45. The second-order valence-corrected chi connectivity index (χ2v) is 9.57. The summed E-state index contributed by atoms with van der Waals surface area (Å²) < 4.78 is 0. The van der Waals surface area contributed by atoms with Gasteiger partial charge in [0.05, 0.1) is 28.4 Å². The zero-order valence-corrected chi connectivity index (χ0v) is 19.1. The molecule has 1 aromatic carbocycles. The van der Waals surface area contributed by atoms with Crippen molar-refractivity contribution in [1.82, 2.24) is 15.0 Å². The number of carbonyl (C=O) groups is 2. The van der Waals surface area contributed by atoms with Crippen LogP contribution in [0.1, 0.15) is 44.6 Å². The molecule has 0 radical (unpaired) electrons. The molecule has 2 amide bonds. The minimum atomic E-state index is -0.699. The highest BCUT2D eigenvalue weighted by molar-refractivity contribution is 6.13. The van der Waals surface area contributed by atoms with Gasteiger partial charge < -0.3 is 0 Å². The van der Waals surface area contributed by atoms with Gasteiger partial charge in [-0.15, -0.1) is 0 Å². The lowest BCUT2D eigenvalue weighted by atomic mass is 9.85. The fourth-order valence-corrected chi connectivity index (χ4v) is 4.65. The van der Waals surface area contributed by atoms with Crippen LogP contribution in [-0.4, -0.2) is 33.8 Å². The number of amides is 2. The molecule has 3 aromatic rings. The number of anilines is 3. The van der Waals surface area contributed by atoms with Gasteiger partial charge in [-0.2, -0.15) is 0 Å². The fourth-order valence-electron chi connectivity index (χ4n) is 4.65. The van der Waals surface area contributed by atoms with E-state index in [-0.39, 0.29) is 11.8 Å². The molecule has 7 nitrogen and oxygen atoms in total. The molecular formula is C25H25N5O2. The summed E-state index contributed by atoms with van der Waals surface area (Å²) in [7, 11) is 1.73. The smallest absolute Gasteiger partial charge is 0.241 e. The summed E-state index contributed by atoms with van der Waals surface area (Å²) in [6.45, 7) is 9.50. The average Bonchev–Trinajstić information content (AvgIpc) is 3.07. The molecule has 2 aromatic heterocycles. The van der Waals surface area contributed by atoms with Gasteiger partial charge >= 0.3 is 0 Å². The maximum atomic E-state index is 13.6. The summed E-state index contributed by atoms with van der Waals surface area (Å²) in [5.74, 6) is 1.31. The quantitative estimate of drug-likeness (QED) is 0.616. The van der Waals surface area contributed by atoms with E-state index in [0.29, 0.717) is 17.3 Å². The van der Waals surface area contributed by atoms with Crippen LogP contribution >= 0.6 is 0 Å². The number of aromatic nitrogens is 3. The molecule has 0 N–H and O–H groups in total. The average molecular weight is 428 g/mol. The van der Waals surface area contributed by atoms with Crippen molar-refractivity contribution in [2.75, 3.05) is 16.8 Å². The molecule has 0 atom stereocenters. The molecule has 0 saturated heterocycles. The molecule has 0 unspecified atom stereocenters. The number of nitrogens with zero attached hydrogens (tertiary/aromatic N) is 5. The Hall–Kier alpha value is -3.61. The summed E-state index contributed by atoms with van der Waals surface area (Å²) in [5.41, 5.74) is 3.69. The predicted octanol–water partition coefficient (Wildman–Crippen LogP) is 4.06. The molecule has 32 heavy (non-hydrogen) atoms. The van der Waals surface area contributed by atoms with Crippen molar-refractivity contribution >= 4 is 29.0 Å². The van der Waals surface area contributed by atoms with E-state index in [1.165, 1.54) is 0 Å². The summed E-state index contributed by atoms with van der Waals surface area (Å²) in [6, 6.07) is 7.94. The third-order valence-electron chi connectivity index (χ3n) is 6.70. The van der Waals surface area contributed by atoms with E-state index in [9.17, 15) is 9.59 Å². The van der Waals surface area contributed by atoms with Crippen molar-refractivity contribution in [1.29, 1.82) is 0 Å². The fraction of sp³-hybridized carbons (Fsp3) is 0.320. The monoisotopic (exact) mass is 427 g/mol. The number of pyridine rings is 1. The van der Waals surface area contributed by atoms with Crippen LogP contribution in [0.2, 0.25) is 0 Å². The zero-order chi connectivity index (χ0) is 23.0. The molecule has 2 aliphatic heterocycles. The minimum Gasteiger partial charge on any atom is -0.299 e. The van der Waals surface area contributed by atoms with Crippen LogP contribution in [-0.2, 0) is 20.4 Å². The van der Waals surface area contributed by atoms with E-state index in [1.807, 2.05) is 58.9 Å². The van der Waals surface area contributed by atoms with E-state index >= 15 is 0 Å². The van der Waals surface area contributed by atoms with Gasteiger partial charge in [0.1, 0.15) is 11.6 Å². The van der Waals surface area contributed by atoms with Crippen molar-refractivity contribution < 1.29 is 9.59 Å². The molecule has 5 rings (SSSR count). The van der Waals surface area contributed by atoms with Gasteiger partial charge in [-0.05, 0) is 57.9 Å². The highest BCUT2D eigenvalue weighted by atomic mass is 16.2. The lowest BCUT2D eigenvalue weighted by Gasteiger charge is -2.22. The first kappa shape index (κ1) is 20.3. The molecule has 7 heteroatoms. The third kappa shape index (κ3) is 2.63. The second-order valence-electron chi connectivity index (χ2n) is 9.57. The minimum absolute atomic E-state index is 0.00714. The van der Waals surface area contributed by atoms with Crippen LogP contribution in [0.15, 0.2) is 42.9 Å². The Labute approximate surface area is 187 Å². The number of rotatable bonds is 2. The largest absolute Gasteiger partial charge is 0.299 e. The maximum absolute atomic E-state index is 13.6. The van der Waals surface area contributed by atoms with Gasteiger partial charge in [0.25, 0.3) is 0 Å². The lowest BCUT2D eigenvalue weighted by Crippen LogP contribution is -2.34. The molecular weight excluding hydrogens is 402 g/mol.